The topological polar surface area (TPSA) is 17.8 Å². The van der Waals surface area contributed by atoms with Crippen molar-refractivity contribution in [1.29, 1.82) is 0 Å². The normalized spacial score (nSPS) is 12.0. The van der Waals surface area contributed by atoms with Gasteiger partial charge in [0.1, 0.15) is 0 Å². The van der Waals surface area contributed by atoms with Gasteiger partial charge in [0.2, 0.25) is 0 Å². The molecule has 57 heavy (non-hydrogen) atoms. The molecule has 2 aromatic heterocycles. The van der Waals surface area contributed by atoms with E-state index in [1.54, 1.807) is 6.07 Å². The van der Waals surface area contributed by atoms with E-state index in [0.29, 0.717) is 11.3 Å². The summed E-state index contributed by atoms with van der Waals surface area (Å²) >= 11 is 0. The molecule has 0 unspecified atom stereocenters. The van der Waals surface area contributed by atoms with E-state index >= 15 is 4.39 Å². The van der Waals surface area contributed by atoms with E-state index in [1.165, 1.54) is 21.9 Å². The molecule has 0 atom stereocenters. The molecule has 9 rings (SSSR count). The van der Waals surface area contributed by atoms with Crippen LogP contribution in [0, 0.1) is 11.9 Å². The first-order valence-electron chi connectivity index (χ1n) is 19.4. The molecule has 0 saturated carbocycles. The van der Waals surface area contributed by atoms with Gasteiger partial charge in [0.25, 0.3) is 0 Å². The van der Waals surface area contributed by atoms with Gasteiger partial charge in [-0.2, -0.15) is 0 Å². The van der Waals surface area contributed by atoms with E-state index in [1.807, 2.05) is 12.3 Å². The predicted octanol–water partition coefficient (Wildman–Crippen LogP) is 14.5. The second-order valence-corrected chi connectivity index (χ2v) is 17.0. The summed E-state index contributed by atoms with van der Waals surface area (Å²) < 4.78 is 18.2. The number of para-hydroxylation sites is 2. The van der Waals surface area contributed by atoms with Gasteiger partial charge in [-0.25, -0.2) is 4.39 Å². The minimum atomic E-state index is -0.425. The van der Waals surface area contributed by atoms with E-state index in [-0.39, 0.29) is 30.9 Å². The van der Waals surface area contributed by atoms with Crippen LogP contribution in [0.15, 0.2) is 158 Å². The summed E-state index contributed by atoms with van der Waals surface area (Å²) in [4.78, 5) is 4.88. The molecule has 9 aromatic rings. The van der Waals surface area contributed by atoms with Crippen LogP contribution in [-0.2, 0) is 30.9 Å². The number of aromatic nitrogens is 2. The first-order chi connectivity index (χ1) is 26.9. The fourth-order valence-electron chi connectivity index (χ4n) is 8.06. The van der Waals surface area contributed by atoms with Crippen LogP contribution >= 0.6 is 0 Å². The quantitative estimate of drug-likeness (QED) is 0.157. The standard InChI is InChI=1S/C53H44FN2.Ir/c1-52(2,3)41-22-18-34(19-23-41)36-28-37(35-20-24-42(25-21-35)53(4,5)6)30-38(29-36)39-31-40(33-43(54)32-39)51-47-14-11-17-50(46(47)26-27-55-51)56-48-15-9-7-12-44(48)45-13-8-10-16-49(45)56;/h7-32H,1-6H3;/q-1;. The van der Waals surface area contributed by atoms with Gasteiger partial charge in [0.05, 0.1) is 16.7 Å². The van der Waals surface area contributed by atoms with E-state index in [9.17, 15) is 0 Å². The molecule has 7 aromatic carbocycles. The Morgan fingerprint density at radius 2 is 0.947 bits per heavy atom. The zero-order valence-electron chi connectivity index (χ0n) is 33.1. The van der Waals surface area contributed by atoms with Crippen LogP contribution in [0.5, 0.6) is 0 Å². The average Bonchev–Trinajstić information content (AvgIpc) is 3.53. The third-order valence-corrected chi connectivity index (χ3v) is 11.1. The number of fused-ring (bicyclic) bond motifs is 4. The van der Waals surface area contributed by atoms with Crippen molar-refractivity contribution in [3.8, 4) is 50.3 Å². The van der Waals surface area contributed by atoms with Gasteiger partial charge in [-0.15, -0.1) is 17.7 Å². The molecule has 0 fully saturated rings. The Hall–Kier alpha value is -5.67. The number of nitrogens with zero attached hydrogens (tertiary/aromatic N) is 2. The first kappa shape index (κ1) is 38.2. The Morgan fingerprint density at radius 1 is 0.474 bits per heavy atom. The van der Waals surface area contributed by atoms with E-state index in [2.05, 4.69) is 192 Å². The zero-order chi connectivity index (χ0) is 38.8. The molecular weight excluding hydrogens is 876 g/mol. The Kier molecular flexibility index (Phi) is 9.84. The SMILES string of the molecule is CC(C)(C)c1ccc(-c2cc(-c3ccc(C(C)(C)C)cc3)cc(-c3cc(F)[c-]c(-c4nccc5c(-n6c7ccccc7c7ccccc76)cccc45)c3)c2)cc1.[Ir]. The number of halogens is 1. The van der Waals surface area contributed by atoms with Crippen molar-refractivity contribution >= 4 is 32.6 Å². The molecule has 283 valence electrons. The maximum atomic E-state index is 15.9. The number of hydrogen-bond acceptors (Lipinski definition) is 1. The molecule has 0 amide bonds. The fourth-order valence-corrected chi connectivity index (χ4v) is 8.06. The molecule has 2 nitrogen and oxygen atoms in total. The summed E-state index contributed by atoms with van der Waals surface area (Å²) in [6.07, 6.45) is 1.83. The summed E-state index contributed by atoms with van der Waals surface area (Å²) in [5.41, 5.74) is 13.4. The van der Waals surface area contributed by atoms with Crippen molar-refractivity contribution in [3.05, 3.63) is 181 Å². The Labute approximate surface area is 348 Å². The van der Waals surface area contributed by atoms with E-state index in [0.717, 1.165) is 60.9 Å². The number of pyridine rings is 1. The monoisotopic (exact) mass is 920 g/mol. The van der Waals surface area contributed by atoms with Crippen LogP contribution in [0.3, 0.4) is 0 Å². The maximum Gasteiger partial charge on any atom is 0.0541 e. The molecule has 0 bridgehead atoms. The maximum absolute atomic E-state index is 15.9. The van der Waals surface area contributed by atoms with Crippen LogP contribution in [0.2, 0.25) is 0 Å². The van der Waals surface area contributed by atoms with Gasteiger partial charge in [-0.05, 0) is 103 Å². The molecule has 0 aliphatic rings. The van der Waals surface area contributed by atoms with Crippen LogP contribution in [0.4, 0.5) is 4.39 Å². The first-order valence-corrected chi connectivity index (χ1v) is 19.4. The van der Waals surface area contributed by atoms with E-state index in [4.69, 9.17) is 4.98 Å². The van der Waals surface area contributed by atoms with Crippen molar-refractivity contribution in [2.24, 2.45) is 0 Å². The Bertz CT molecular complexity index is 2800. The molecule has 0 spiro atoms. The molecule has 0 N–H and O–H groups in total. The van der Waals surface area contributed by atoms with Gasteiger partial charge in [-0.3, -0.25) is 0 Å². The third kappa shape index (κ3) is 7.14. The van der Waals surface area contributed by atoms with Crippen molar-refractivity contribution in [3.63, 3.8) is 0 Å². The number of hydrogen-bond donors (Lipinski definition) is 0. The van der Waals surface area contributed by atoms with Crippen LogP contribution < -0.4 is 0 Å². The number of rotatable bonds is 5. The van der Waals surface area contributed by atoms with Crippen molar-refractivity contribution in [2.75, 3.05) is 0 Å². The third-order valence-electron chi connectivity index (χ3n) is 11.1. The van der Waals surface area contributed by atoms with Gasteiger partial charge in [-0.1, -0.05) is 150 Å². The second kappa shape index (κ2) is 14.7. The summed E-state index contributed by atoms with van der Waals surface area (Å²) in [6, 6.07) is 56.3. The largest absolute Gasteiger partial charge is 0.309 e. The van der Waals surface area contributed by atoms with Gasteiger partial charge in [0, 0.05) is 48.3 Å². The second-order valence-electron chi connectivity index (χ2n) is 17.0. The van der Waals surface area contributed by atoms with Crippen LogP contribution in [0.1, 0.15) is 52.7 Å². The van der Waals surface area contributed by atoms with Crippen LogP contribution in [-0.4, -0.2) is 9.55 Å². The Morgan fingerprint density at radius 3 is 1.47 bits per heavy atom. The van der Waals surface area contributed by atoms with Gasteiger partial charge in [0.15, 0.2) is 0 Å². The molecule has 0 aliphatic carbocycles. The Balaban J connectivity index is 0.00000455. The summed E-state index contributed by atoms with van der Waals surface area (Å²) in [6.45, 7) is 13.4. The van der Waals surface area contributed by atoms with Crippen molar-refractivity contribution in [2.45, 2.75) is 52.4 Å². The molecule has 0 saturated heterocycles. The summed E-state index contributed by atoms with van der Waals surface area (Å²) in [5.74, 6) is -0.425. The van der Waals surface area contributed by atoms with Gasteiger partial charge < -0.3 is 9.55 Å². The fraction of sp³-hybridized carbons (Fsp3) is 0.151. The minimum absolute atomic E-state index is 0. The summed E-state index contributed by atoms with van der Waals surface area (Å²) in [5, 5.41) is 4.38. The molecular formula is C53H44FIrN2-. The van der Waals surface area contributed by atoms with Crippen molar-refractivity contribution in [1.82, 2.24) is 9.55 Å². The number of benzene rings is 7. The van der Waals surface area contributed by atoms with Crippen LogP contribution in [0.25, 0.3) is 82.9 Å². The van der Waals surface area contributed by atoms with Gasteiger partial charge >= 0.3 is 0 Å². The molecule has 2 heterocycles. The predicted molar refractivity (Wildman–Crippen MR) is 234 cm³/mol. The van der Waals surface area contributed by atoms with E-state index < -0.39 is 5.82 Å². The molecule has 1 radical (unpaired) electrons. The molecule has 4 heteroatoms. The van der Waals surface area contributed by atoms with Crippen molar-refractivity contribution < 1.29 is 24.5 Å². The minimum Gasteiger partial charge on any atom is -0.309 e. The average molecular weight is 920 g/mol. The molecule has 0 aliphatic heterocycles. The summed E-state index contributed by atoms with van der Waals surface area (Å²) in [7, 11) is 0. The zero-order valence-corrected chi connectivity index (χ0v) is 35.5. The smallest absolute Gasteiger partial charge is 0.0541 e.